The van der Waals surface area contributed by atoms with Crippen LogP contribution in [-0.2, 0) is 4.74 Å². The van der Waals surface area contributed by atoms with Crippen LogP contribution in [0.5, 0.6) is 0 Å². The van der Waals surface area contributed by atoms with Gasteiger partial charge in [0, 0.05) is 13.2 Å². The average molecular weight is 327 g/mol. The first-order valence-electron chi connectivity index (χ1n) is 9.10. The second-order valence-electron chi connectivity index (χ2n) is 6.97. The lowest BCUT2D eigenvalue weighted by atomic mass is 10.0. The number of rotatable bonds is 14. The number of ether oxygens (including phenoxy) is 1. The molecule has 0 heterocycles. The molecule has 0 amide bonds. The molecule has 0 aromatic rings. The zero-order valence-electron chi connectivity index (χ0n) is 15.7. The lowest BCUT2D eigenvalue weighted by Gasteiger charge is -2.13. The molecule has 0 rings (SSSR count). The predicted octanol–water partition coefficient (Wildman–Crippen LogP) is 4.49. The maximum absolute atomic E-state index is 8.94. The van der Waals surface area contributed by atoms with Crippen molar-refractivity contribution in [2.75, 3.05) is 26.4 Å². The second kappa shape index (κ2) is 14.9. The number of hydrogen-bond donors (Lipinski definition) is 2. The lowest BCUT2D eigenvalue weighted by Crippen LogP contribution is -2.06. The van der Waals surface area contributed by atoms with Crippen LogP contribution in [0.1, 0.15) is 66.2 Å². The Kier molecular flexibility index (Phi) is 14.5. The zero-order valence-corrected chi connectivity index (χ0v) is 15.7. The normalized spacial score (nSPS) is 15.7. The number of aliphatic hydroxyl groups is 2. The summed E-state index contributed by atoms with van der Waals surface area (Å²) in [4.78, 5) is 0. The number of hydrogen-bond acceptors (Lipinski definition) is 3. The maximum atomic E-state index is 8.94. The van der Waals surface area contributed by atoms with Gasteiger partial charge in [-0.3, -0.25) is 0 Å². The third-order valence-electron chi connectivity index (χ3n) is 4.31. The fourth-order valence-corrected chi connectivity index (χ4v) is 2.32. The first-order chi connectivity index (χ1) is 11.0. The Labute approximate surface area is 143 Å². The molecule has 2 N–H and O–H groups in total. The van der Waals surface area contributed by atoms with Gasteiger partial charge >= 0.3 is 0 Å². The molecule has 136 valence electrons. The quantitative estimate of drug-likeness (QED) is 0.365. The SMILES string of the molecule is CC(=CCCC(C)CCOCCC(C)CCC=C(C)CO)CO. The molecule has 0 radical (unpaired) electrons. The molecule has 0 fully saturated rings. The highest BCUT2D eigenvalue weighted by atomic mass is 16.5. The molecule has 0 aliphatic rings. The van der Waals surface area contributed by atoms with E-state index >= 15 is 0 Å². The molecule has 0 saturated heterocycles. The minimum Gasteiger partial charge on any atom is -0.392 e. The fraction of sp³-hybridized carbons (Fsp3) is 0.800. The highest BCUT2D eigenvalue weighted by Crippen LogP contribution is 2.14. The molecule has 3 nitrogen and oxygen atoms in total. The van der Waals surface area contributed by atoms with Gasteiger partial charge < -0.3 is 14.9 Å². The van der Waals surface area contributed by atoms with Crippen molar-refractivity contribution in [1.82, 2.24) is 0 Å². The monoisotopic (exact) mass is 326 g/mol. The Balaban J connectivity index is 3.53. The van der Waals surface area contributed by atoms with Gasteiger partial charge in [-0.05, 0) is 64.2 Å². The summed E-state index contributed by atoms with van der Waals surface area (Å²) in [6.07, 6.45) is 10.9. The van der Waals surface area contributed by atoms with E-state index in [9.17, 15) is 0 Å². The molecule has 0 aliphatic heterocycles. The number of allylic oxidation sites excluding steroid dienone is 2. The zero-order chi connectivity index (χ0) is 17.5. The number of aliphatic hydroxyl groups excluding tert-OH is 2. The largest absolute Gasteiger partial charge is 0.392 e. The third kappa shape index (κ3) is 14.7. The molecule has 0 aliphatic carbocycles. The van der Waals surface area contributed by atoms with Crippen molar-refractivity contribution < 1.29 is 14.9 Å². The smallest absolute Gasteiger partial charge is 0.0639 e. The van der Waals surface area contributed by atoms with Gasteiger partial charge in [0.05, 0.1) is 13.2 Å². The summed E-state index contributed by atoms with van der Waals surface area (Å²) in [5, 5.41) is 17.9. The Hall–Kier alpha value is -0.640. The molecule has 3 heteroatoms. The summed E-state index contributed by atoms with van der Waals surface area (Å²) in [7, 11) is 0. The van der Waals surface area contributed by atoms with E-state index in [2.05, 4.69) is 26.0 Å². The molecular formula is C20H38O3. The molecule has 0 aromatic carbocycles. The van der Waals surface area contributed by atoms with Crippen molar-refractivity contribution in [2.24, 2.45) is 11.8 Å². The van der Waals surface area contributed by atoms with E-state index < -0.39 is 0 Å². The van der Waals surface area contributed by atoms with E-state index in [1.165, 1.54) is 0 Å². The Bertz CT molecular complexity index is 302. The summed E-state index contributed by atoms with van der Waals surface area (Å²) >= 11 is 0. The Morgan fingerprint density at radius 1 is 0.783 bits per heavy atom. The van der Waals surface area contributed by atoms with Crippen LogP contribution in [0, 0.1) is 11.8 Å². The van der Waals surface area contributed by atoms with Crippen molar-refractivity contribution in [1.29, 1.82) is 0 Å². The van der Waals surface area contributed by atoms with E-state index in [1.807, 2.05) is 13.8 Å². The summed E-state index contributed by atoms with van der Waals surface area (Å²) in [6.45, 7) is 10.5. The molecule has 0 aromatic heterocycles. The van der Waals surface area contributed by atoms with Gasteiger partial charge in [-0.1, -0.05) is 37.1 Å². The van der Waals surface area contributed by atoms with Gasteiger partial charge in [0.25, 0.3) is 0 Å². The van der Waals surface area contributed by atoms with E-state index in [-0.39, 0.29) is 13.2 Å². The average Bonchev–Trinajstić information content (AvgIpc) is 2.54. The third-order valence-corrected chi connectivity index (χ3v) is 4.31. The summed E-state index contributed by atoms with van der Waals surface area (Å²) in [5.41, 5.74) is 2.12. The maximum Gasteiger partial charge on any atom is 0.0639 e. The molecule has 2 unspecified atom stereocenters. The summed E-state index contributed by atoms with van der Waals surface area (Å²) in [6, 6.07) is 0. The van der Waals surface area contributed by atoms with Crippen molar-refractivity contribution >= 4 is 0 Å². The summed E-state index contributed by atoms with van der Waals surface area (Å²) in [5.74, 6) is 1.34. The second-order valence-corrected chi connectivity index (χ2v) is 6.97. The first kappa shape index (κ1) is 22.4. The van der Waals surface area contributed by atoms with Crippen LogP contribution in [0.3, 0.4) is 0 Å². The van der Waals surface area contributed by atoms with Crippen LogP contribution >= 0.6 is 0 Å². The van der Waals surface area contributed by atoms with Crippen LogP contribution in [0.15, 0.2) is 23.3 Å². The van der Waals surface area contributed by atoms with Crippen LogP contribution in [0.2, 0.25) is 0 Å². The van der Waals surface area contributed by atoms with Gasteiger partial charge in [-0.2, -0.15) is 0 Å². The van der Waals surface area contributed by atoms with Crippen molar-refractivity contribution in [3.05, 3.63) is 23.3 Å². The van der Waals surface area contributed by atoms with E-state index in [1.54, 1.807) is 0 Å². The van der Waals surface area contributed by atoms with Gasteiger partial charge in [-0.15, -0.1) is 0 Å². The first-order valence-corrected chi connectivity index (χ1v) is 9.10. The van der Waals surface area contributed by atoms with Crippen molar-refractivity contribution in [2.45, 2.75) is 66.2 Å². The van der Waals surface area contributed by atoms with Crippen molar-refractivity contribution in [3.8, 4) is 0 Å². The highest BCUT2D eigenvalue weighted by Gasteiger charge is 2.04. The minimum atomic E-state index is 0.172. The molecule has 0 bridgehead atoms. The Morgan fingerprint density at radius 3 is 1.52 bits per heavy atom. The van der Waals surface area contributed by atoms with Crippen molar-refractivity contribution in [3.63, 3.8) is 0 Å². The molecular weight excluding hydrogens is 288 g/mol. The van der Waals surface area contributed by atoms with E-state index in [0.29, 0.717) is 11.8 Å². The highest BCUT2D eigenvalue weighted by molar-refractivity contribution is 4.97. The van der Waals surface area contributed by atoms with Gasteiger partial charge in [0.1, 0.15) is 0 Å². The minimum absolute atomic E-state index is 0.172. The Morgan fingerprint density at radius 2 is 1.17 bits per heavy atom. The molecule has 2 atom stereocenters. The van der Waals surface area contributed by atoms with Crippen LogP contribution in [0.25, 0.3) is 0 Å². The van der Waals surface area contributed by atoms with Crippen LogP contribution in [-0.4, -0.2) is 36.6 Å². The van der Waals surface area contributed by atoms with Gasteiger partial charge in [0.15, 0.2) is 0 Å². The molecule has 0 spiro atoms. The lowest BCUT2D eigenvalue weighted by molar-refractivity contribution is 0.109. The predicted molar refractivity (Wildman–Crippen MR) is 98.5 cm³/mol. The molecule has 23 heavy (non-hydrogen) atoms. The van der Waals surface area contributed by atoms with Gasteiger partial charge in [0.2, 0.25) is 0 Å². The summed E-state index contributed by atoms with van der Waals surface area (Å²) < 4.78 is 5.76. The topological polar surface area (TPSA) is 49.7 Å². The van der Waals surface area contributed by atoms with E-state index in [0.717, 1.165) is 62.9 Å². The fourth-order valence-electron chi connectivity index (χ4n) is 2.32. The molecule has 0 saturated carbocycles. The standard InChI is InChI=1S/C20H38O3/c1-17(7-5-9-19(3)15-21)11-13-23-14-12-18(2)8-6-10-20(4)16-22/h9-10,17-18,21-22H,5-8,11-16H2,1-4H3. The van der Waals surface area contributed by atoms with Crippen LogP contribution < -0.4 is 0 Å². The van der Waals surface area contributed by atoms with E-state index in [4.69, 9.17) is 14.9 Å². The van der Waals surface area contributed by atoms with Crippen LogP contribution in [0.4, 0.5) is 0 Å². The van der Waals surface area contributed by atoms with Gasteiger partial charge in [-0.25, -0.2) is 0 Å².